The zero-order valence-corrected chi connectivity index (χ0v) is 11.9. The van der Waals surface area contributed by atoms with Crippen molar-refractivity contribution in [1.82, 2.24) is 4.98 Å². The molecule has 3 nitrogen and oxygen atoms in total. The number of pyridine rings is 1. The monoisotopic (exact) mass is 307 g/mol. The van der Waals surface area contributed by atoms with E-state index in [1.807, 2.05) is 12.1 Å². The maximum Gasteiger partial charge on any atom is 0.314 e. The Balaban J connectivity index is 2.09. The number of aliphatic carboxylic acids is 1. The highest BCUT2D eigenvalue weighted by molar-refractivity contribution is 6.43. The van der Waals surface area contributed by atoms with Crippen LogP contribution in [0, 0.1) is 0 Å². The number of halogens is 2. The van der Waals surface area contributed by atoms with E-state index in [1.54, 1.807) is 24.5 Å². The van der Waals surface area contributed by atoms with Crippen molar-refractivity contribution in [3.05, 3.63) is 52.3 Å². The molecule has 2 aromatic rings. The lowest BCUT2D eigenvalue weighted by atomic mass is 9.95. The maximum absolute atomic E-state index is 11.4. The van der Waals surface area contributed by atoms with Crippen molar-refractivity contribution in [1.29, 1.82) is 0 Å². The van der Waals surface area contributed by atoms with Crippen LogP contribution in [-0.2, 0) is 10.2 Å². The van der Waals surface area contributed by atoms with Gasteiger partial charge in [0.05, 0.1) is 15.5 Å². The van der Waals surface area contributed by atoms with Crippen LogP contribution in [0.2, 0.25) is 10.0 Å². The highest BCUT2D eigenvalue weighted by Crippen LogP contribution is 2.49. The average Bonchev–Trinajstić information content (AvgIpc) is 3.24. The van der Waals surface area contributed by atoms with Gasteiger partial charge in [-0.15, -0.1) is 0 Å². The standard InChI is InChI=1S/C15H11Cl2NO2/c16-12-3-1-2-11(13(12)17)9-6-10(8-18-7-9)15(4-5-15)14(19)20/h1-3,6-8H,4-5H2,(H,19,20). The third-order valence-electron chi connectivity index (χ3n) is 3.71. The van der Waals surface area contributed by atoms with E-state index in [4.69, 9.17) is 23.2 Å². The van der Waals surface area contributed by atoms with Crippen molar-refractivity contribution in [2.24, 2.45) is 0 Å². The molecule has 1 heterocycles. The molecule has 1 fully saturated rings. The summed E-state index contributed by atoms with van der Waals surface area (Å²) in [6.45, 7) is 0. The smallest absolute Gasteiger partial charge is 0.314 e. The Morgan fingerprint density at radius 3 is 2.65 bits per heavy atom. The minimum atomic E-state index is -0.798. The number of hydrogen-bond donors (Lipinski definition) is 1. The molecule has 1 N–H and O–H groups in total. The quantitative estimate of drug-likeness (QED) is 0.925. The van der Waals surface area contributed by atoms with Crippen molar-refractivity contribution < 1.29 is 9.90 Å². The fourth-order valence-electron chi connectivity index (χ4n) is 2.33. The van der Waals surface area contributed by atoms with Crippen molar-refractivity contribution in [2.45, 2.75) is 18.3 Å². The van der Waals surface area contributed by atoms with Gasteiger partial charge in [0.25, 0.3) is 0 Å². The summed E-state index contributed by atoms with van der Waals surface area (Å²) in [5, 5.41) is 10.3. The largest absolute Gasteiger partial charge is 0.481 e. The Labute approximate surface area is 126 Å². The Kier molecular flexibility index (Phi) is 3.19. The summed E-state index contributed by atoms with van der Waals surface area (Å²) in [4.78, 5) is 15.5. The second-order valence-electron chi connectivity index (χ2n) is 4.95. The second kappa shape index (κ2) is 4.76. The van der Waals surface area contributed by atoms with E-state index in [-0.39, 0.29) is 0 Å². The number of benzene rings is 1. The highest BCUT2D eigenvalue weighted by Gasteiger charge is 2.52. The fourth-order valence-corrected chi connectivity index (χ4v) is 2.74. The molecule has 1 aliphatic carbocycles. The van der Waals surface area contributed by atoms with E-state index in [0.29, 0.717) is 22.9 Å². The first kappa shape index (κ1) is 13.4. The lowest BCUT2D eigenvalue weighted by molar-refractivity contribution is -0.140. The van der Waals surface area contributed by atoms with Crippen LogP contribution in [0.4, 0.5) is 0 Å². The zero-order chi connectivity index (χ0) is 14.3. The van der Waals surface area contributed by atoms with Crippen LogP contribution in [0.15, 0.2) is 36.7 Å². The van der Waals surface area contributed by atoms with E-state index in [2.05, 4.69) is 4.98 Å². The molecule has 0 spiro atoms. The molecule has 5 heteroatoms. The zero-order valence-electron chi connectivity index (χ0n) is 10.4. The summed E-state index contributed by atoms with van der Waals surface area (Å²) in [5.74, 6) is -0.798. The minimum absolute atomic E-state index is 0.452. The van der Waals surface area contributed by atoms with Crippen molar-refractivity contribution >= 4 is 29.2 Å². The van der Waals surface area contributed by atoms with Gasteiger partial charge in [0.2, 0.25) is 0 Å². The maximum atomic E-state index is 11.4. The van der Waals surface area contributed by atoms with Crippen molar-refractivity contribution in [2.75, 3.05) is 0 Å². The molecule has 0 bridgehead atoms. The van der Waals surface area contributed by atoms with Gasteiger partial charge >= 0.3 is 5.97 Å². The summed E-state index contributed by atoms with van der Waals surface area (Å²) >= 11 is 12.2. The molecule has 0 atom stereocenters. The van der Waals surface area contributed by atoms with E-state index in [0.717, 1.165) is 16.7 Å². The van der Waals surface area contributed by atoms with E-state index < -0.39 is 11.4 Å². The van der Waals surface area contributed by atoms with Gasteiger partial charge in [0.15, 0.2) is 0 Å². The molecule has 0 radical (unpaired) electrons. The molecule has 0 aliphatic heterocycles. The Morgan fingerprint density at radius 2 is 2.00 bits per heavy atom. The second-order valence-corrected chi connectivity index (χ2v) is 5.74. The van der Waals surface area contributed by atoms with Crippen LogP contribution in [0.25, 0.3) is 11.1 Å². The third kappa shape index (κ3) is 2.07. The molecular weight excluding hydrogens is 297 g/mol. The molecule has 0 unspecified atom stereocenters. The van der Waals surface area contributed by atoms with Crippen LogP contribution in [0.1, 0.15) is 18.4 Å². The molecule has 3 rings (SSSR count). The van der Waals surface area contributed by atoms with E-state index >= 15 is 0 Å². The first-order valence-electron chi connectivity index (χ1n) is 6.18. The van der Waals surface area contributed by atoms with Gasteiger partial charge in [0.1, 0.15) is 0 Å². The van der Waals surface area contributed by atoms with Crippen LogP contribution < -0.4 is 0 Å². The Hall–Kier alpha value is -1.58. The first-order chi connectivity index (χ1) is 9.54. The molecule has 1 saturated carbocycles. The van der Waals surface area contributed by atoms with Gasteiger partial charge in [0, 0.05) is 23.5 Å². The fraction of sp³-hybridized carbons (Fsp3) is 0.200. The average molecular weight is 308 g/mol. The number of rotatable bonds is 3. The number of aromatic nitrogens is 1. The Morgan fingerprint density at radius 1 is 1.25 bits per heavy atom. The number of nitrogens with zero attached hydrogens (tertiary/aromatic N) is 1. The normalized spacial score (nSPS) is 15.9. The molecule has 0 saturated heterocycles. The minimum Gasteiger partial charge on any atom is -0.481 e. The van der Waals surface area contributed by atoms with Crippen LogP contribution in [0.5, 0.6) is 0 Å². The molecule has 1 aromatic heterocycles. The number of carbonyl (C=O) groups is 1. The van der Waals surface area contributed by atoms with Crippen molar-refractivity contribution in [3.8, 4) is 11.1 Å². The Bertz CT molecular complexity index is 696. The predicted molar refractivity (Wildman–Crippen MR) is 78.2 cm³/mol. The molecule has 0 amide bonds. The van der Waals surface area contributed by atoms with Crippen LogP contribution in [-0.4, -0.2) is 16.1 Å². The number of hydrogen-bond acceptors (Lipinski definition) is 2. The summed E-state index contributed by atoms with van der Waals surface area (Å²) < 4.78 is 0. The topological polar surface area (TPSA) is 50.2 Å². The van der Waals surface area contributed by atoms with Gasteiger partial charge in [-0.2, -0.15) is 0 Å². The molecular formula is C15H11Cl2NO2. The van der Waals surface area contributed by atoms with E-state index in [1.165, 1.54) is 0 Å². The lowest BCUT2D eigenvalue weighted by Gasteiger charge is -2.12. The third-order valence-corrected chi connectivity index (χ3v) is 4.53. The van der Waals surface area contributed by atoms with Gasteiger partial charge in [-0.3, -0.25) is 9.78 Å². The van der Waals surface area contributed by atoms with Crippen LogP contribution in [0.3, 0.4) is 0 Å². The molecule has 1 aromatic carbocycles. The summed E-state index contributed by atoms with van der Waals surface area (Å²) in [6.07, 6.45) is 4.58. The van der Waals surface area contributed by atoms with Gasteiger partial charge < -0.3 is 5.11 Å². The van der Waals surface area contributed by atoms with Crippen LogP contribution >= 0.6 is 23.2 Å². The molecule has 102 valence electrons. The highest BCUT2D eigenvalue weighted by atomic mass is 35.5. The molecule has 1 aliphatic rings. The molecule has 20 heavy (non-hydrogen) atoms. The van der Waals surface area contributed by atoms with Gasteiger partial charge in [-0.05, 0) is 30.5 Å². The SMILES string of the molecule is O=C(O)C1(c2cncc(-c3cccc(Cl)c3Cl)c2)CC1. The summed E-state index contributed by atoms with van der Waals surface area (Å²) in [6, 6.07) is 7.20. The summed E-state index contributed by atoms with van der Waals surface area (Å²) in [5.41, 5.74) is 1.49. The van der Waals surface area contributed by atoms with Crippen molar-refractivity contribution in [3.63, 3.8) is 0 Å². The number of carboxylic acids is 1. The van der Waals surface area contributed by atoms with Gasteiger partial charge in [-0.25, -0.2) is 0 Å². The first-order valence-corrected chi connectivity index (χ1v) is 6.93. The van der Waals surface area contributed by atoms with Gasteiger partial charge in [-0.1, -0.05) is 35.3 Å². The lowest BCUT2D eigenvalue weighted by Crippen LogP contribution is -2.19. The number of carboxylic acid groups (broad SMARTS) is 1. The predicted octanol–water partition coefficient (Wildman–Crippen LogP) is 4.17. The summed E-state index contributed by atoms with van der Waals surface area (Å²) in [7, 11) is 0. The van der Waals surface area contributed by atoms with E-state index in [9.17, 15) is 9.90 Å².